The Hall–Kier alpha value is -4.44. The topological polar surface area (TPSA) is 132 Å². The predicted octanol–water partition coefficient (Wildman–Crippen LogP) is 3.12. The average Bonchev–Trinajstić information content (AvgIpc) is 3.03. The smallest absolute Gasteiger partial charge is 0.490 e. The van der Waals surface area contributed by atoms with Gasteiger partial charge in [0.25, 0.3) is 11.5 Å². The molecule has 47 heavy (non-hydrogen) atoms. The molecule has 250 valence electrons. The number of ether oxygens (including phenoxy) is 2. The number of nitrogens with zero attached hydrogens (tertiary/aromatic N) is 3. The second-order valence-electron chi connectivity index (χ2n) is 10.8. The van der Waals surface area contributed by atoms with E-state index in [-0.39, 0.29) is 44.0 Å². The largest absolute Gasteiger partial charge is 0.492 e. The molecular formula is C31H31F4N5O6S. The fourth-order valence-corrected chi connectivity index (χ4v) is 6.13. The van der Waals surface area contributed by atoms with E-state index in [1.807, 2.05) is 6.07 Å². The van der Waals surface area contributed by atoms with E-state index in [0.29, 0.717) is 27.4 Å². The maximum Gasteiger partial charge on any atom is 0.490 e. The summed E-state index contributed by atoms with van der Waals surface area (Å²) in [6, 6.07) is 14.0. The number of hydrogen-bond acceptors (Lipinski definition) is 9. The minimum atomic E-state index is -5.39. The van der Waals surface area contributed by atoms with Crippen molar-refractivity contribution in [2.45, 2.75) is 55.0 Å². The molecule has 1 atom stereocenters. The summed E-state index contributed by atoms with van der Waals surface area (Å²) in [5, 5.41) is 5.48. The molecule has 11 nitrogen and oxygen atoms in total. The number of benzene rings is 2. The molecule has 0 saturated heterocycles. The highest BCUT2D eigenvalue weighted by Gasteiger charge is 2.43. The molecule has 5 rings (SSSR count). The van der Waals surface area contributed by atoms with Crippen molar-refractivity contribution in [1.29, 1.82) is 0 Å². The number of thioether (sulfide) groups is 1. The van der Waals surface area contributed by atoms with Gasteiger partial charge in [0.15, 0.2) is 5.16 Å². The lowest BCUT2D eigenvalue weighted by molar-refractivity contribution is -0.206. The summed E-state index contributed by atoms with van der Waals surface area (Å²) >= 11 is 1.55. The second kappa shape index (κ2) is 15.0. The summed E-state index contributed by atoms with van der Waals surface area (Å²) in [5.41, 5.74) is 1.18. The number of esters is 1. The Bertz CT molecular complexity index is 1650. The van der Waals surface area contributed by atoms with Gasteiger partial charge >= 0.3 is 12.1 Å². The van der Waals surface area contributed by atoms with Crippen molar-refractivity contribution in [1.82, 2.24) is 25.1 Å². The molecule has 1 unspecified atom stereocenters. The lowest BCUT2D eigenvalue weighted by Crippen LogP contribution is -2.52. The molecule has 1 fully saturated rings. The molecule has 2 amide bonds. The summed E-state index contributed by atoms with van der Waals surface area (Å²) in [6.07, 6.45) is -4.11. The van der Waals surface area contributed by atoms with Crippen LogP contribution in [0.4, 0.5) is 17.6 Å². The maximum atomic E-state index is 13.8. The number of hydrogen-bond donors (Lipinski definition) is 2. The highest BCUT2D eigenvalue weighted by Crippen LogP contribution is 2.36. The number of rotatable bonds is 12. The molecule has 0 radical (unpaired) electrons. The minimum Gasteiger partial charge on any atom is -0.492 e. The van der Waals surface area contributed by atoms with Crippen molar-refractivity contribution in [2.24, 2.45) is 0 Å². The first-order valence-corrected chi connectivity index (χ1v) is 15.7. The Kier molecular flexibility index (Phi) is 10.8. The first-order chi connectivity index (χ1) is 22.5. The number of aromatic nitrogens is 2. The zero-order chi connectivity index (χ0) is 33.6. The normalized spacial score (nSPS) is 15.3. The first-order valence-electron chi connectivity index (χ1n) is 14.8. The molecule has 16 heteroatoms. The van der Waals surface area contributed by atoms with Crippen LogP contribution in [-0.4, -0.2) is 76.1 Å². The van der Waals surface area contributed by atoms with Crippen LogP contribution in [0.2, 0.25) is 0 Å². The van der Waals surface area contributed by atoms with E-state index in [4.69, 9.17) is 9.72 Å². The highest BCUT2D eigenvalue weighted by molar-refractivity contribution is 7.99. The Morgan fingerprint density at radius 2 is 1.79 bits per heavy atom. The number of alkyl halides is 3. The molecule has 1 aromatic heterocycles. The van der Waals surface area contributed by atoms with Crippen LogP contribution in [0.5, 0.6) is 5.75 Å². The van der Waals surface area contributed by atoms with Crippen molar-refractivity contribution in [2.75, 3.05) is 26.2 Å². The summed E-state index contributed by atoms with van der Waals surface area (Å²) in [6.45, 7) is -0.971. The molecule has 0 bridgehead atoms. The van der Waals surface area contributed by atoms with E-state index in [0.717, 1.165) is 31.4 Å². The minimum absolute atomic E-state index is 0.108. The van der Waals surface area contributed by atoms with E-state index in [1.54, 1.807) is 36.0 Å². The van der Waals surface area contributed by atoms with Gasteiger partial charge in [-0.15, -0.1) is 0 Å². The molecule has 0 spiro atoms. The van der Waals surface area contributed by atoms with Gasteiger partial charge < -0.3 is 19.7 Å². The van der Waals surface area contributed by atoms with Crippen LogP contribution >= 0.6 is 11.8 Å². The molecule has 3 aromatic rings. The number of carbonyl (C=O) groups excluding carboxylic acids is 3. The maximum absolute atomic E-state index is 13.8. The molecule has 1 aliphatic heterocycles. The highest BCUT2D eigenvalue weighted by atomic mass is 32.2. The summed E-state index contributed by atoms with van der Waals surface area (Å²) in [7, 11) is 0. The quantitative estimate of drug-likeness (QED) is 0.0977. The van der Waals surface area contributed by atoms with Crippen LogP contribution in [-0.2, 0) is 32.1 Å². The number of amides is 2. The van der Waals surface area contributed by atoms with Gasteiger partial charge in [-0.25, -0.2) is 14.2 Å². The van der Waals surface area contributed by atoms with E-state index in [1.165, 1.54) is 21.6 Å². The van der Waals surface area contributed by atoms with Crippen molar-refractivity contribution in [3.63, 3.8) is 0 Å². The summed E-state index contributed by atoms with van der Waals surface area (Å²) in [4.78, 5) is 57.3. The fraction of sp³-hybridized carbons (Fsp3) is 0.387. The van der Waals surface area contributed by atoms with Crippen LogP contribution in [0.25, 0.3) is 5.69 Å². The molecular weight excluding hydrogens is 646 g/mol. The Morgan fingerprint density at radius 1 is 1.06 bits per heavy atom. The molecule has 2 aliphatic rings. The van der Waals surface area contributed by atoms with Crippen molar-refractivity contribution in [3.05, 3.63) is 82.0 Å². The van der Waals surface area contributed by atoms with Gasteiger partial charge in [-0.3, -0.25) is 24.3 Å². The van der Waals surface area contributed by atoms with Gasteiger partial charge in [-0.2, -0.15) is 13.2 Å². The third-order valence-electron chi connectivity index (χ3n) is 7.51. The van der Waals surface area contributed by atoms with E-state index < -0.39 is 42.5 Å². The van der Waals surface area contributed by atoms with Crippen LogP contribution in [0.1, 0.15) is 30.5 Å². The monoisotopic (exact) mass is 677 g/mol. The first kappa shape index (κ1) is 33.9. The van der Waals surface area contributed by atoms with E-state index in [2.05, 4.69) is 15.4 Å². The van der Waals surface area contributed by atoms with Crippen LogP contribution in [0.3, 0.4) is 0 Å². The van der Waals surface area contributed by atoms with Gasteiger partial charge in [-0.05, 0) is 49.2 Å². The van der Waals surface area contributed by atoms with Crippen molar-refractivity contribution >= 4 is 29.5 Å². The fourth-order valence-electron chi connectivity index (χ4n) is 4.81. The van der Waals surface area contributed by atoms with Gasteiger partial charge in [-0.1, -0.05) is 36.4 Å². The Balaban J connectivity index is 1.24. The average molecular weight is 678 g/mol. The van der Waals surface area contributed by atoms with E-state index in [9.17, 15) is 36.7 Å². The number of nitrogens with one attached hydrogen (secondary N) is 2. The van der Waals surface area contributed by atoms with Crippen molar-refractivity contribution in [3.8, 4) is 11.4 Å². The second-order valence-corrected chi connectivity index (χ2v) is 12.1. The standard InChI is InChI=1S/C31H31F4N5O6S/c32-19-9-11-21(12-10-19)45-16-14-36-26(42)27(46-29(44)31(33,34)35)37-17-25(41)39-15-13-24-23(18-39)28(43)40(20-5-2-1-3-6-20)30(38-24)47-22-7-4-8-22/h1-3,5-6,9-12,22,27,37H,4,7-8,13-18H2,(H,36,42). The summed E-state index contributed by atoms with van der Waals surface area (Å²) in [5.74, 6) is -4.63. The number of carbonyl (C=O) groups is 3. The van der Waals surface area contributed by atoms with Crippen LogP contribution in [0, 0.1) is 5.82 Å². The SMILES string of the molecule is O=C(NCCOc1ccc(F)cc1)C(NCC(=O)N1CCc2nc(SC3CCC3)n(-c3ccccc3)c(=O)c2C1)OC(=O)C(F)(F)F. The van der Waals surface area contributed by atoms with Gasteiger partial charge in [0.1, 0.15) is 18.2 Å². The Morgan fingerprint density at radius 3 is 2.45 bits per heavy atom. The van der Waals surface area contributed by atoms with Crippen molar-refractivity contribution < 1.29 is 41.4 Å². The number of para-hydroxylation sites is 1. The van der Waals surface area contributed by atoms with Crippen LogP contribution in [0.15, 0.2) is 64.5 Å². The van der Waals surface area contributed by atoms with E-state index >= 15 is 0 Å². The van der Waals surface area contributed by atoms with Gasteiger partial charge in [0, 0.05) is 18.2 Å². The molecule has 1 saturated carbocycles. The molecule has 2 heterocycles. The predicted molar refractivity (Wildman–Crippen MR) is 161 cm³/mol. The van der Waals surface area contributed by atoms with Gasteiger partial charge in [0.05, 0.1) is 36.6 Å². The number of halogens is 4. The third-order valence-corrected chi connectivity index (χ3v) is 8.80. The third kappa shape index (κ3) is 8.68. The van der Waals surface area contributed by atoms with Crippen LogP contribution < -0.4 is 20.9 Å². The summed E-state index contributed by atoms with van der Waals surface area (Å²) < 4.78 is 63.1. The lowest BCUT2D eigenvalue weighted by Gasteiger charge is -2.30. The zero-order valence-electron chi connectivity index (χ0n) is 24.9. The zero-order valence-corrected chi connectivity index (χ0v) is 25.7. The lowest BCUT2D eigenvalue weighted by atomic mass is 10.0. The number of fused-ring (bicyclic) bond motifs is 1. The molecule has 1 aliphatic carbocycles. The molecule has 2 aromatic carbocycles. The Labute approximate surface area is 270 Å². The molecule has 2 N–H and O–H groups in total. The van der Waals surface area contributed by atoms with Gasteiger partial charge in [0.2, 0.25) is 12.1 Å².